The molecule has 0 spiro atoms. The molecule has 0 aromatic heterocycles. The molecule has 1 N–H and O–H groups in total. The molecule has 43 heavy (non-hydrogen) atoms. The average molecular weight is 650 g/mol. The summed E-state index contributed by atoms with van der Waals surface area (Å²) >= 11 is 12.3. The number of aliphatic hydroxyl groups is 1. The van der Waals surface area contributed by atoms with Crippen molar-refractivity contribution in [1.82, 2.24) is 0 Å². The highest BCUT2D eigenvalue weighted by molar-refractivity contribution is 6.42. The first-order chi connectivity index (χ1) is 20.1. The van der Waals surface area contributed by atoms with Crippen molar-refractivity contribution >= 4 is 28.9 Å². The number of aliphatic hydroxyl groups excluding tert-OH is 1. The molecule has 0 aliphatic heterocycles. The van der Waals surface area contributed by atoms with Crippen LogP contribution in [0.4, 0.5) is 40.8 Å². The SMILES string of the molecule is OCC(c1cccc(C(F)(F)F)c1)N(Cc1cccc(C(F)(F)C(F)(F)F)c1)c1cccc(Oc2cccc(Cl)c2Cl)c1. The van der Waals surface area contributed by atoms with Crippen LogP contribution in [0.15, 0.2) is 91.0 Å². The van der Waals surface area contributed by atoms with Crippen LogP contribution in [-0.4, -0.2) is 17.9 Å². The summed E-state index contributed by atoms with van der Waals surface area (Å²) in [7, 11) is 0. The number of ether oxygens (including phenoxy) is 1. The molecule has 0 saturated carbocycles. The molecule has 4 rings (SSSR count). The van der Waals surface area contributed by atoms with Gasteiger partial charge in [-0.05, 0) is 53.6 Å². The number of alkyl halides is 8. The van der Waals surface area contributed by atoms with E-state index in [1.54, 1.807) is 6.07 Å². The number of benzene rings is 4. The summed E-state index contributed by atoms with van der Waals surface area (Å²) in [6.07, 6.45) is -10.6. The van der Waals surface area contributed by atoms with Crippen LogP contribution in [0.25, 0.3) is 0 Å². The van der Waals surface area contributed by atoms with Gasteiger partial charge in [-0.25, -0.2) is 0 Å². The van der Waals surface area contributed by atoms with Crippen LogP contribution in [0, 0.1) is 0 Å². The first kappa shape index (κ1) is 32.4. The maximum absolute atomic E-state index is 14.1. The molecule has 0 heterocycles. The standard InChI is InChI=1S/C30H21Cl2F8NO2/c31-24-11-4-12-26(27(24)32)43-23-10-3-9-22(15-23)41(25(17-42)19-6-2-8-21(14-19)29(35,36)37)16-18-5-1-7-20(13-18)28(33,34)30(38,39)40/h1-15,25,42H,16-17H2. The Bertz CT molecular complexity index is 1580. The second-order valence-corrected chi connectivity index (χ2v) is 10.2. The number of rotatable bonds is 9. The maximum Gasteiger partial charge on any atom is 0.458 e. The van der Waals surface area contributed by atoms with Crippen LogP contribution in [-0.2, 0) is 18.6 Å². The van der Waals surface area contributed by atoms with Crippen molar-refractivity contribution in [1.29, 1.82) is 0 Å². The molecule has 4 aromatic carbocycles. The minimum absolute atomic E-state index is 0.0123. The fourth-order valence-corrected chi connectivity index (χ4v) is 4.66. The van der Waals surface area contributed by atoms with Crippen molar-refractivity contribution in [2.45, 2.75) is 30.9 Å². The number of hydrogen-bond acceptors (Lipinski definition) is 3. The second kappa shape index (κ2) is 12.6. The molecule has 4 aromatic rings. The van der Waals surface area contributed by atoms with Gasteiger partial charge in [0.25, 0.3) is 0 Å². The lowest BCUT2D eigenvalue weighted by molar-refractivity contribution is -0.289. The monoisotopic (exact) mass is 649 g/mol. The summed E-state index contributed by atoms with van der Waals surface area (Å²) in [6, 6.07) is 17.2. The van der Waals surface area contributed by atoms with Crippen molar-refractivity contribution in [3.63, 3.8) is 0 Å². The third kappa shape index (κ3) is 7.34. The first-order valence-electron chi connectivity index (χ1n) is 12.4. The Kier molecular flexibility index (Phi) is 9.48. The highest BCUT2D eigenvalue weighted by atomic mass is 35.5. The van der Waals surface area contributed by atoms with Crippen molar-refractivity contribution in [3.8, 4) is 11.5 Å². The first-order valence-corrected chi connectivity index (χ1v) is 13.2. The Morgan fingerprint density at radius 2 is 1.40 bits per heavy atom. The van der Waals surface area contributed by atoms with Gasteiger partial charge >= 0.3 is 18.3 Å². The van der Waals surface area contributed by atoms with Crippen molar-refractivity contribution in [2.75, 3.05) is 11.5 Å². The van der Waals surface area contributed by atoms with Gasteiger partial charge in [0.15, 0.2) is 0 Å². The molecule has 0 aliphatic carbocycles. The molecule has 0 fully saturated rings. The molecule has 0 bridgehead atoms. The quantitative estimate of drug-likeness (QED) is 0.183. The molecule has 1 unspecified atom stereocenters. The smallest absolute Gasteiger partial charge is 0.456 e. The van der Waals surface area contributed by atoms with Crippen LogP contribution < -0.4 is 9.64 Å². The Hall–Kier alpha value is -3.54. The lowest BCUT2D eigenvalue weighted by Crippen LogP contribution is -2.34. The van der Waals surface area contributed by atoms with Crippen molar-refractivity contribution < 1.29 is 45.0 Å². The van der Waals surface area contributed by atoms with Gasteiger partial charge in [-0.1, -0.05) is 65.7 Å². The fraction of sp³-hybridized carbons (Fsp3) is 0.200. The molecular formula is C30H21Cl2F8NO2. The summed E-state index contributed by atoms with van der Waals surface area (Å²) in [5.74, 6) is -4.80. The third-order valence-electron chi connectivity index (χ3n) is 6.44. The van der Waals surface area contributed by atoms with E-state index in [4.69, 9.17) is 27.9 Å². The highest BCUT2D eigenvalue weighted by Crippen LogP contribution is 2.44. The summed E-state index contributed by atoms with van der Waals surface area (Å²) in [4.78, 5) is 1.37. The van der Waals surface area contributed by atoms with Crippen LogP contribution in [0.3, 0.4) is 0 Å². The molecular weight excluding hydrogens is 629 g/mol. The lowest BCUT2D eigenvalue weighted by Gasteiger charge is -2.34. The van der Waals surface area contributed by atoms with Gasteiger partial charge in [-0.2, -0.15) is 35.1 Å². The predicted octanol–water partition coefficient (Wildman–Crippen LogP) is 10.2. The van der Waals surface area contributed by atoms with E-state index in [9.17, 15) is 40.2 Å². The maximum atomic E-state index is 14.1. The Balaban J connectivity index is 1.80. The number of hydrogen-bond donors (Lipinski definition) is 1. The van der Waals surface area contributed by atoms with E-state index in [1.807, 2.05) is 0 Å². The van der Waals surface area contributed by atoms with Gasteiger partial charge in [0.1, 0.15) is 16.5 Å². The largest absolute Gasteiger partial charge is 0.458 e. The normalized spacial score (nSPS) is 13.1. The predicted molar refractivity (Wildman–Crippen MR) is 147 cm³/mol. The molecule has 1 atom stereocenters. The average Bonchev–Trinajstić information content (AvgIpc) is 2.95. The van der Waals surface area contributed by atoms with Crippen molar-refractivity contribution in [2.24, 2.45) is 0 Å². The van der Waals surface area contributed by atoms with Gasteiger partial charge < -0.3 is 14.7 Å². The Morgan fingerprint density at radius 3 is 2.07 bits per heavy atom. The number of anilines is 1. The zero-order chi connectivity index (χ0) is 31.6. The van der Waals surface area contributed by atoms with Gasteiger partial charge in [0.05, 0.1) is 23.2 Å². The topological polar surface area (TPSA) is 32.7 Å². The highest BCUT2D eigenvalue weighted by Gasteiger charge is 2.58. The zero-order valence-electron chi connectivity index (χ0n) is 21.7. The zero-order valence-corrected chi connectivity index (χ0v) is 23.2. The van der Waals surface area contributed by atoms with Crippen LogP contribution >= 0.6 is 23.2 Å². The van der Waals surface area contributed by atoms with Crippen LogP contribution in [0.2, 0.25) is 10.0 Å². The van der Waals surface area contributed by atoms with E-state index in [-0.39, 0.29) is 44.9 Å². The fourth-order valence-electron chi connectivity index (χ4n) is 4.33. The van der Waals surface area contributed by atoms with Crippen LogP contribution in [0.1, 0.15) is 28.3 Å². The number of nitrogens with zero attached hydrogens (tertiary/aromatic N) is 1. The minimum atomic E-state index is -5.86. The minimum Gasteiger partial charge on any atom is -0.456 e. The molecule has 0 aliphatic rings. The Labute approximate surface area is 250 Å². The van der Waals surface area contributed by atoms with Crippen LogP contribution in [0.5, 0.6) is 11.5 Å². The van der Waals surface area contributed by atoms with E-state index >= 15 is 0 Å². The summed E-state index contributed by atoms with van der Waals surface area (Å²) in [5, 5.41) is 10.7. The third-order valence-corrected chi connectivity index (χ3v) is 7.24. The lowest BCUT2D eigenvalue weighted by atomic mass is 10.00. The van der Waals surface area contributed by atoms with Crippen molar-refractivity contribution in [3.05, 3.63) is 123 Å². The van der Waals surface area contributed by atoms with Gasteiger partial charge in [0.2, 0.25) is 0 Å². The van der Waals surface area contributed by atoms with E-state index in [0.717, 1.165) is 24.3 Å². The molecule has 0 saturated heterocycles. The molecule has 13 heteroatoms. The molecule has 3 nitrogen and oxygen atoms in total. The van der Waals surface area contributed by atoms with E-state index in [0.29, 0.717) is 12.1 Å². The molecule has 0 radical (unpaired) electrons. The van der Waals surface area contributed by atoms with E-state index < -0.39 is 42.1 Å². The summed E-state index contributed by atoms with van der Waals surface area (Å²) in [5.41, 5.74) is -2.10. The second-order valence-electron chi connectivity index (χ2n) is 9.37. The summed E-state index contributed by atoms with van der Waals surface area (Å²) in [6.45, 7) is -1.13. The van der Waals surface area contributed by atoms with Gasteiger partial charge in [-0.3, -0.25) is 0 Å². The number of halogens is 10. The molecule has 228 valence electrons. The molecule has 0 amide bonds. The summed E-state index contributed by atoms with van der Waals surface area (Å²) < 4.78 is 114. The van der Waals surface area contributed by atoms with E-state index in [1.165, 1.54) is 53.4 Å². The van der Waals surface area contributed by atoms with Gasteiger partial charge in [0, 0.05) is 23.9 Å². The Morgan fingerprint density at radius 1 is 0.744 bits per heavy atom. The van der Waals surface area contributed by atoms with E-state index in [2.05, 4.69) is 0 Å². The van der Waals surface area contributed by atoms with Gasteiger partial charge in [-0.15, -0.1) is 0 Å².